The topological polar surface area (TPSA) is 76.2 Å². The van der Waals surface area contributed by atoms with Crippen molar-refractivity contribution in [1.29, 1.82) is 0 Å². The SMILES string of the molecule is COc1cc(Nc2nc(C)cc(=O)[nH]2)c(OC)cc1Cl. The Balaban J connectivity index is 2.43. The number of aromatic nitrogens is 2. The van der Waals surface area contributed by atoms with Crippen molar-refractivity contribution in [2.75, 3.05) is 19.5 Å². The number of halogens is 1. The minimum atomic E-state index is -0.236. The highest BCUT2D eigenvalue weighted by molar-refractivity contribution is 6.32. The van der Waals surface area contributed by atoms with Gasteiger partial charge in [0, 0.05) is 23.9 Å². The van der Waals surface area contributed by atoms with Gasteiger partial charge in [-0.2, -0.15) is 0 Å². The Kier molecular flexibility index (Phi) is 4.14. The predicted molar refractivity (Wildman–Crippen MR) is 77.4 cm³/mol. The summed E-state index contributed by atoms with van der Waals surface area (Å²) in [5.74, 6) is 1.32. The van der Waals surface area contributed by atoms with Gasteiger partial charge in [-0.3, -0.25) is 9.78 Å². The third-order valence-electron chi connectivity index (χ3n) is 2.60. The van der Waals surface area contributed by atoms with Crippen LogP contribution in [0.2, 0.25) is 5.02 Å². The van der Waals surface area contributed by atoms with E-state index >= 15 is 0 Å². The van der Waals surface area contributed by atoms with E-state index in [0.29, 0.717) is 33.9 Å². The predicted octanol–water partition coefficient (Wildman–Crippen LogP) is 2.49. The molecule has 1 aromatic carbocycles. The highest BCUT2D eigenvalue weighted by atomic mass is 35.5. The second-order valence-corrected chi connectivity index (χ2v) is 4.45. The fourth-order valence-corrected chi connectivity index (χ4v) is 1.95. The molecule has 0 fully saturated rings. The van der Waals surface area contributed by atoms with E-state index in [0.717, 1.165) is 0 Å². The number of methoxy groups -OCH3 is 2. The Morgan fingerprint density at radius 1 is 1.20 bits per heavy atom. The van der Waals surface area contributed by atoms with Gasteiger partial charge in [-0.05, 0) is 6.92 Å². The van der Waals surface area contributed by atoms with Gasteiger partial charge in [0.25, 0.3) is 5.56 Å². The molecule has 0 aliphatic rings. The molecule has 0 radical (unpaired) electrons. The fourth-order valence-electron chi connectivity index (χ4n) is 1.72. The summed E-state index contributed by atoms with van der Waals surface area (Å²) in [6, 6.07) is 4.70. The largest absolute Gasteiger partial charge is 0.495 e. The summed E-state index contributed by atoms with van der Waals surface area (Å²) < 4.78 is 10.4. The summed E-state index contributed by atoms with van der Waals surface area (Å²) in [6.45, 7) is 1.74. The Bertz CT molecular complexity index is 685. The molecule has 2 rings (SSSR count). The van der Waals surface area contributed by atoms with Gasteiger partial charge in [-0.15, -0.1) is 0 Å². The molecule has 2 aromatic rings. The van der Waals surface area contributed by atoms with Gasteiger partial charge in [0.05, 0.1) is 24.9 Å². The quantitative estimate of drug-likeness (QED) is 0.906. The van der Waals surface area contributed by atoms with Gasteiger partial charge in [-0.25, -0.2) is 4.98 Å². The van der Waals surface area contributed by atoms with Crippen molar-refractivity contribution in [3.8, 4) is 11.5 Å². The van der Waals surface area contributed by atoms with Crippen molar-refractivity contribution in [2.24, 2.45) is 0 Å². The third-order valence-corrected chi connectivity index (χ3v) is 2.89. The maximum Gasteiger partial charge on any atom is 0.252 e. The number of hydrogen-bond donors (Lipinski definition) is 2. The first kappa shape index (κ1) is 14.2. The van der Waals surface area contributed by atoms with Gasteiger partial charge in [0.15, 0.2) is 0 Å². The van der Waals surface area contributed by atoms with E-state index in [1.165, 1.54) is 20.3 Å². The van der Waals surface area contributed by atoms with Crippen LogP contribution < -0.4 is 20.3 Å². The highest BCUT2D eigenvalue weighted by Gasteiger charge is 2.11. The molecule has 0 aliphatic heterocycles. The molecule has 1 heterocycles. The number of anilines is 2. The van der Waals surface area contributed by atoms with Gasteiger partial charge >= 0.3 is 0 Å². The van der Waals surface area contributed by atoms with E-state index in [2.05, 4.69) is 15.3 Å². The number of hydrogen-bond acceptors (Lipinski definition) is 5. The van der Waals surface area contributed by atoms with E-state index in [4.69, 9.17) is 21.1 Å². The zero-order valence-corrected chi connectivity index (χ0v) is 12.0. The molecule has 0 saturated carbocycles. The molecule has 7 heteroatoms. The van der Waals surface area contributed by atoms with E-state index in [1.54, 1.807) is 19.1 Å². The molecule has 6 nitrogen and oxygen atoms in total. The monoisotopic (exact) mass is 295 g/mol. The van der Waals surface area contributed by atoms with Gasteiger partial charge in [0.1, 0.15) is 11.5 Å². The van der Waals surface area contributed by atoms with E-state index in [1.807, 2.05) is 0 Å². The zero-order chi connectivity index (χ0) is 14.7. The highest BCUT2D eigenvalue weighted by Crippen LogP contribution is 2.36. The maximum absolute atomic E-state index is 11.4. The van der Waals surface area contributed by atoms with Crippen LogP contribution in [0.5, 0.6) is 11.5 Å². The van der Waals surface area contributed by atoms with Crippen LogP contribution in [0.1, 0.15) is 5.69 Å². The second-order valence-electron chi connectivity index (χ2n) is 4.05. The lowest BCUT2D eigenvalue weighted by Crippen LogP contribution is -2.11. The Morgan fingerprint density at radius 2 is 1.90 bits per heavy atom. The summed E-state index contributed by atoms with van der Waals surface area (Å²) in [6.07, 6.45) is 0. The molecule has 1 aromatic heterocycles. The van der Waals surface area contributed by atoms with Crippen LogP contribution in [0.25, 0.3) is 0 Å². The molecule has 0 atom stereocenters. The lowest BCUT2D eigenvalue weighted by Gasteiger charge is -2.13. The van der Waals surface area contributed by atoms with Gasteiger partial charge in [-0.1, -0.05) is 11.6 Å². The number of rotatable bonds is 4. The molecule has 0 aliphatic carbocycles. The van der Waals surface area contributed by atoms with Crippen molar-refractivity contribution in [3.63, 3.8) is 0 Å². The van der Waals surface area contributed by atoms with Crippen molar-refractivity contribution < 1.29 is 9.47 Å². The molecule has 0 unspecified atom stereocenters. The fraction of sp³-hybridized carbons (Fsp3) is 0.231. The Hall–Kier alpha value is -2.21. The van der Waals surface area contributed by atoms with Gasteiger partial charge in [0.2, 0.25) is 5.95 Å². The number of ether oxygens (including phenoxy) is 2. The molecule has 0 bridgehead atoms. The number of benzene rings is 1. The van der Waals surface area contributed by atoms with Crippen LogP contribution >= 0.6 is 11.6 Å². The summed E-state index contributed by atoms with van der Waals surface area (Å²) in [5.41, 5.74) is 0.957. The maximum atomic E-state index is 11.4. The average Bonchev–Trinajstić information content (AvgIpc) is 2.39. The van der Waals surface area contributed by atoms with Crippen LogP contribution in [0.15, 0.2) is 23.0 Å². The van der Waals surface area contributed by atoms with E-state index < -0.39 is 0 Å². The summed E-state index contributed by atoms with van der Waals surface area (Å²) in [5, 5.41) is 3.41. The number of aromatic amines is 1. The lowest BCUT2D eigenvalue weighted by molar-refractivity contribution is 0.405. The average molecular weight is 296 g/mol. The first-order valence-electron chi connectivity index (χ1n) is 5.80. The molecular formula is C13H14ClN3O3. The molecular weight excluding hydrogens is 282 g/mol. The van der Waals surface area contributed by atoms with E-state index in [9.17, 15) is 4.79 Å². The van der Waals surface area contributed by atoms with Crippen molar-refractivity contribution in [2.45, 2.75) is 6.92 Å². The van der Waals surface area contributed by atoms with Crippen LogP contribution in [-0.4, -0.2) is 24.2 Å². The van der Waals surface area contributed by atoms with Gasteiger partial charge < -0.3 is 14.8 Å². The number of nitrogens with one attached hydrogen (secondary N) is 2. The lowest BCUT2D eigenvalue weighted by atomic mass is 10.2. The normalized spacial score (nSPS) is 10.2. The third kappa shape index (κ3) is 3.03. The standard InChI is InChI=1S/C13H14ClN3O3/c1-7-4-12(18)17-13(15-7)16-9-6-10(19-2)8(14)5-11(9)20-3/h4-6H,1-3H3,(H2,15,16,17,18). The smallest absolute Gasteiger partial charge is 0.252 e. The van der Waals surface area contributed by atoms with Crippen LogP contribution in [0, 0.1) is 6.92 Å². The molecule has 20 heavy (non-hydrogen) atoms. The first-order chi connectivity index (χ1) is 9.53. The zero-order valence-electron chi connectivity index (χ0n) is 11.3. The molecule has 106 valence electrons. The number of H-pyrrole nitrogens is 1. The number of aryl methyl sites for hydroxylation is 1. The minimum absolute atomic E-state index is 0.236. The van der Waals surface area contributed by atoms with Crippen LogP contribution in [-0.2, 0) is 0 Å². The van der Waals surface area contributed by atoms with Crippen LogP contribution in [0.4, 0.5) is 11.6 Å². The Morgan fingerprint density at radius 3 is 2.50 bits per heavy atom. The Labute approximate surface area is 120 Å². The first-order valence-corrected chi connectivity index (χ1v) is 6.18. The van der Waals surface area contributed by atoms with Crippen molar-refractivity contribution in [1.82, 2.24) is 9.97 Å². The summed E-state index contributed by atoms with van der Waals surface area (Å²) in [4.78, 5) is 18.2. The molecule has 0 spiro atoms. The minimum Gasteiger partial charge on any atom is -0.495 e. The van der Waals surface area contributed by atoms with Crippen molar-refractivity contribution in [3.05, 3.63) is 39.3 Å². The molecule has 2 N–H and O–H groups in total. The van der Waals surface area contributed by atoms with Crippen molar-refractivity contribution >= 4 is 23.2 Å². The number of nitrogens with zero attached hydrogens (tertiary/aromatic N) is 1. The summed E-state index contributed by atoms with van der Waals surface area (Å²) >= 11 is 6.03. The van der Waals surface area contributed by atoms with E-state index in [-0.39, 0.29) is 5.56 Å². The molecule has 0 amide bonds. The summed E-state index contributed by atoms with van der Waals surface area (Å²) in [7, 11) is 3.04. The molecule has 0 saturated heterocycles. The second kappa shape index (κ2) is 5.83. The van der Waals surface area contributed by atoms with Crippen LogP contribution in [0.3, 0.4) is 0 Å².